The second-order valence-electron chi connectivity index (χ2n) is 14.7. The zero-order chi connectivity index (χ0) is 29.9. The maximum absolute atomic E-state index is 14.4. The predicted molar refractivity (Wildman–Crippen MR) is 167 cm³/mol. The van der Waals surface area contributed by atoms with Crippen molar-refractivity contribution in [3.8, 4) is 0 Å². The Kier molecular flexibility index (Phi) is 10.2. The van der Waals surface area contributed by atoms with Crippen LogP contribution >= 0.6 is 0 Å². The first-order valence-corrected chi connectivity index (χ1v) is 17.1. The summed E-state index contributed by atoms with van der Waals surface area (Å²) in [6.07, 6.45) is 12.0. The molecule has 3 unspecified atom stereocenters. The average Bonchev–Trinajstić information content (AvgIpc) is 2.95. The van der Waals surface area contributed by atoms with E-state index in [0.29, 0.717) is 50.2 Å². The third-order valence-electron chi connectivity index (χ3n) is 12.1. The van der Waals surface area contributed by atoms with Crippen LogP contribution in [0.5, 0.6) is 0 Å². The number of nitrogens with zero attached hydrogens (tertiary/aromatic N) is 2. The van der Waals surface area contributed by atoms with Crippen molar-refractivity contribution >= 4 is 11.7 Å². The third kappa shape index (κ3) is 6.51. The summed E-state index contributed by atoms with van der Waals surface area (Å²) in [5, 5.41) is 19.9. The maximum atomic E-state index is 14.4. The van der Waals surface area contributed by atoms with Gasteiger partial charge in [0.05, 0.1) is 18.8 Å². The number of likely N-dealkylation sites (tertiary alicyclic amines) is 2. The van der Waals surface area contributed by atoms with Gasteiger partial charge < -0.3 is 15.1 Å². The van der Waals surface area contributed by atoms with Gasteiger partial charge in [-0.2, -0.15) is 0 Å². The van der Waals surface area contributed by atoms with Gasteiger partial charge in [0.25, 0.3) is 0 Å². The number of piperidine rings is 2. The van der Waals surface area contributed by atoms with Crippen LogP contribution in [0.3, 0.4) is 0 Å². The normalized spacial score (nSPS) is 34.3. The van der Waals surface area contributed by atoms with Gasteiger partial charge in [-0.05, 0) is 86.5 Å². The molecule has 42 heavy (non-hydrogen) atoms. The molecule has 6 nitrogen and oxygen atoms in total. The Hall–Kier alpha value is -1.76. The molecule has 5 atom stereocenters. The maximum Gasteiger partial charge on any atom is 0.226 e. The predicted octanol–water partition coefficient (Wildman–Crippen LogP) is 5.73. The number of hydrogen-bond donors (Lipinski definition) is 2. The molecule has 4 fully saturated rings. The Labute approximate surface area is 254 Å². The Morgan fingerprint density at radius 3 is 2.31 bits per heavy atom. The van der Waals surface area contributed by atoms with Crippen LogP contribution in [0.1, 0.15) is 110 Å². The topological polar surface area (TPSA) is 81.1 Å². The second kappa shape index (κ2) is 13.5. The number of carbonyl (C=O) groups excluding carboxylic acids is 2. The Morgan fingerprint density at radius 1 is 0.976 bits per heavy atom. The van der Waals surface area contributed by atoms with Crippen LogP contribution in [-0.2, 0) is 15.0 Å². The molecule has 0 aromatic heterocycles. The number of hydrogen-bond acceptors (Lipinski definition) is 5. The summed E-state index contributed by atoms with van der Waals surface area (Å²) in [7, 11) is 0. The molecule has 2 N–H and O–H groups in total. The molecule has 0 bridgehead atoms. The second-order valence-corrected chi connectivity index (χ2v) is 14.7. The molecule has 5 rings (SSSR count). The highest BCUT2D eigenvalue weighted by atomic mass is 16.3. The molecule has 1 amide bonds. The van der Waals surface area contributed by atoms with Crippen molar-refractivity contribution in [3.05, 3.63) is 35.9 Å². The number of benzene rings is 1. The number of aliphatic hydroxyl groups excluding tert-OH is 2. The van der Waals surface area contributed by atoms with E-state index >= 15 is 0 Å². The monoisotopic (exact) mass is 580 g/mol. The summed E-state index contributed by atoms with van der Waals surface area (Å²) in [4.78, 5) is 31.8. The number of β-amino-alcohol motifs (C(OH)–C–C–N with tert-alkyl or cyclic N) is 1. The van der Waals surface area contributed by atoms with E-state index in [0.717, 1.165) is 45.1 Å². The molecule has 2 saturated carbocycles. The van der Waals surface area contributed by atoms with E-state index in [2.05, 4.69) is 56.0 Å². The van der Waals surface area contributed by atoms with Crippen LogP contribution in [-0.4, -0.2) is 75.6 Å². The summed E-state index contributed by atoms with van der Waals surface area (Å²) in [6, 6.07) is 11.2. The number of carbonyl (C=O) groups is 2. The van der Waals surface area contributed by atoms with Gasteiger partial charge in [-0.1, -0.05) is 70.4 Å². The lowest BCUT2D eigenvalue weighted by Gasteiger charge is -2.58. The molecule has 234 valence electrons. The number of Topliss-reactive ketones (excluding diaryl/α,β-unsaturated/α-hetero) is 1. The minimum atomic E-state index is -0.791. The molecule has 1 aromatic carbocycles. The van der Waals surface area contributed by atoms with Gasteiger partial charge in [-0.15, -0.1) is 0 Å². The van der Waals surface area contributed by atoms with Crippen molar-refractivity contribution < 1.29 is 19.8 Å². The molecular formula is C36H56N2O4. The lowest BCUT2D eigenvalue weighted by Crippen LogP contribution is -2.62. The Balaban J connectivity index is 1.28. The van der Waals surface area contributed by atoms with Crippen LogP contribution < -0.4 is 0 Å². The highest BCUT2D eigenvalue weighted by molar-refractivity contribution is 5.84. The number of amides is 1. The molecule has 6 heteroatoms. The Bertz CT molecular complexity index is 1050. The summed E-state index contributed by atoms with van der Waals surface area (Å²) < 4.78 is 0. The molecule has 0 radical (unpaired) electrons. The molecule has 2 saturated heterocycles. The first-order valence-electron chi connectivity index (χ1n) is 17.1. The molecule has 2 heterocycles. The van der Waals surface area contributed by atoms with Crippen LogP contribution in [0, 0.1) is 23.7 Å². The quantitative estimate of drug-likeness (QED) is 0.349. The van der Waals surface area contributed by atoms with Crippen LogP contribution in [0.2, 0.25) is 0 Å². The van der Waals surface area contributed by atoms with E-state index in [1.165, 1.54) is 37.7 Å². The first-order chi connectivity index (χ1) is 20.2. The standard InChI is InChI=1S/C36H56N2O4/c1-4-9-27(3)36(29-12-6-5-7-13-29)19-17-35(18-20-36)16-14-31(34(42)38(35)23-28-10-8-11-28)26(2)22-30(39)24-37-21-15-32(40)33(41)25-37/h5-7,12-13,26-28,31-33,40-41H,4,8-11,14-25H2,1-3H3/t26?,27?,31?,32-,33-,35-,36-/m0/s1. The number of ketones is 1. The fourth-order valence-corrected chi connectivity index (χ4v) is 9.03. The molecule has 2 aliphatic carbocycles. The highest BCUT2D eigenvalue weighted by Crippen LogP contribution is 2.54. The van der Waals surface area contributed by atoms with Crippen molar-refractivity contribution in [2.75, 3.05) is 26.2 Å². The molecular weight excluding hydrogens is 524 g/mol. The number of aliphatic hydroxyl groups is 2. The molecule has 4 aliphatic rings. The van der Waals surface area contributed by atoms with Gasteiger partial charge in [0.2, 0.25) is 5.91 Å². The fourth-order valence-electron chi connectivity index (χ4n) is 9.03. The van der Waals surface area contributed by atoms with E-state index in [-0.39, 0.29) is 28.6 Å². The highest BCUT2D eigenvalue weighted by Gasteiger charge is 2.53. The lowest BCUT2D eigenvalue weighted by molar-refractivity contribution is -0.156. The molecule has 1 spiro atoms. The minimum Gasteiger partial charge on any atom is -0.390 e. The minimum absolute atomic E-state index is 0.0168. The van der Waals surface area contributed by atoms with E-state index in [1.54, 1.807) is 0 Å². The zero-order valence-corrected chi connectivity index (χ0v) is 26.5. The van der Waals surface area contributed by atoms with Gasteiger partial charge in [-0.3, -0.25) is 14.5 Å². The van der Waals surface area contributed by atoms with Crippen LogP contribution in [0.25, 0.3) is 0 Å². The lowest BCUT2D eigenvalue weighted by atomic mass is 9.56. The van der Waals surface area contributed by atoms with E-state index in [1.807, 2.05) is 4.90 Å². The van der Waals surface area contributed by atoms with Gasteiger partial charge in [0, 0.05) is 37.5 Å². The molecule has 1 aromatic rings. The van der Waals surface area contributed by atoms with Crippen molar-refractivity contribution in [1.29, 1.82) is 0 Å². The Morgan fingerprint density at radius 2 is 1.69 bits per heavy atom. The van der Waals surface area contributed by atoms with E-state index in [4.69, 9.17) is 0 Å². The smallest absolute Gasteiger partial charge is 0.226 e. The van der Waals surface area contributed by atoms with E-state index < -0.39 is 12.2 Å². The number of rotatable bonds is 11. The summed E-state index contributed by atoms with van der Waals surface area (Å²) in [5.74, 6) is 1.61. The third-order valence-corrected chi connectivity index (χ3v) is 12.1. The fraction of sp³-hybridized carbons (Fsp3) is 0.778. The first kappa shape index (κ1) is 31.7. The molecule has 2 aliphatic heterocycles. The van der Waals surface area contributed by atoms with Crippen molar-refractivity contribution in [1.82, 2.24) is 9.80 Å². The van der Waals surface area contributed by atoms with Gasteiger partial charge in [0.15, 0.2) is 0 Å². The van der Waals surface area contributed by atoms with Crippen LogP contribution in [0.15, 0.2) is 30.3 Å². The average molecular weight is 581 g/mol. The van der Waals surface area contributed by atoms with Crippen LogP contribution in [0.4, 0.5) is 0 Å². The van der Waals surface area contributed by atoms with Gasteiger partial charge >= 0.3 is 0 Å². The summed E-state index contributed by atoms with van der Waals surface area (Å²) in [5.41, 5.74) is 1.62. The summed E-state index contributed by atoms with van der Waals surface area (Å²) >= 11 is 0. The summed E-state index contributed by atoms with van der Waals surface area (Å²) in [6.45, 7) is 9.00. The zero-order valence-electron chi connectivity index (χ0n) is 26.5. The van der Waals surface area contributed by atoms with Crippen molar-refractivity contribution in [3.63, 3.8) is 0 Å². The van der Waals surface area contributed by atoms with Gasteiger partial charge in [-0.25, -0.2) is 0 Å². The van der Waals surface area contributed by atoms with Gasteiger partial charge in [0.1, 0.15) is 5.78 Å². The van der Waals surface area contributed by atoms with Crippen molar-refractivity contribution in [2.45, 2.75) is 127 Å². The van der Waals surface area contributed by atoms with Crippen molar-refractivity contribution in [2.24, 2.45) is 23.7 Å². The van der Waals surface area contributed by atoms with E-state index in [9.17, 15) is 19.8 Å². The SMILES string of the molecule is CCCC(C)[C@]1(c2ccccc2)CC[C@@]2(CCC(C(C)CC(=O)CN3CC[C@H](O)[C@@H](O)C3)C(=O)N2CC2CCC2)CC1. The largest absolute Gasteiger partial charge is 0.390 e.